The number of hydrogen-bond donors (Lipinski definition) is 0. The Kier molecular flexibility index (Phi) is 3.28. The molecule has 2 rings (SSSR count). The molecule has 4 nitrogen and oxygen atoms in total. The average molecular weight is 243 g/mol. The van der Waals surface area contributed by atoms with E-state index < -0.39 is 0 Å². The van der Waals surface area contributed by atoms with E-state index >= 15 is 0 Å². The smallest absolute Gasteiger partial charge is 0.187 e. The zero-order chi connectivity index (χ0) is 13.3. The number of rotatable bonds is 3. The lowest BCUT2D eigenvalue weighted by Gasteiger charge is -2.05. The third-order valence-electron chi connectivity index (χ3n) is 2.92. The third-order valence-corrected chi connectivity index (χ3v) is 2.92. The molecule has 0 saturated heterocycles. The second-order valence-corrected chi connectivity index (χ2v) is 4.68. The van der Waals surface area contributed by atoms with Crippen molar-refractivity contribution in [2.75, 3.05) is 0 Å². The number of carbonyl (C=O) groups excluding carboxylic acids is 1. The molecule has 0 aliphatic carbocycles. The van der Waals surface area contributed by atoms with Gasteiger partial charge in [-0.15, -0.1) is 0 Å². The van der Waals surface area contributed by atoms with E-state index in [1.165, 1.54) is 0 Å². The van der Waals surface area contributed by atoms with Gasteiger partial charge in [-0.25, -0.2) is 0 Å². The van der Waals surface area contributed by atoms with Crippen molar-refractivity contribution >= 4 is 5.78 Å². The Morgan fingerprint density at radius 3 is 2.56 bits per heavy atom. The Balaban J connectivity index is 2.24. The van der Waals surface area contributed by atoms with Crippen LogP contribution >= 0.6 is 0 Å². The van der Waals surface area contributed by atoms with Gasteiger partial charge >= 0.3 is 0 Å². The van der Waals surface area contributed by atoms with Crippen LogP contribution in [0.1, 0.15) is 33.0 Å². The van der Waals surface area contributed by atoms with Crippen LogP contribution in [0.4, 0.5) is 0 Å². The quantitative estimate of drug-likeness (QED) is 0.776. The molecule has 94 valence electrons. The summed E-state index contributed by atoms with van der Waals surface area (Å²) in [6.07, 6.45) is 2.07. The number of nitrogens with zero attached hydrogens (tertiary/aromatic N) is 3. The van der Waals surface area contributed by atoms with Crippen molar-refractivity contribution in [1.82, 2.24) is 14.8 Å². The number of hydrogen-bond acceptors (Lipinski definition) is 3. The summed E-state index contributed by atoms with van der Waals surface area (Å²) in [6.45, 7) is 5.81. The van der Waals surface area contributed by atoms with E-state index in [4.69, 9.17) is 0 Å². The zero-order valence-corrected chi connectivity index (χ0v) is 11.2. The lowest BCUT2D eigenvalue weighted by molar-refractivity contribution is 0.0985. The molecule has 0 saturated carbocycles. The molecular weight excluding hydrogens is 226 g/mol. The molecule has 0 aromatic carbocycles. The van der Waals surface area contributed by atoms with Crippen molar-refractivity contribution in [3.05, 3.63) is 46.5 Å². The predicted octanol–water partition coefficient (Wildman–Crippen LogP) is 2.17. The van der Waals surface area contributed by atoms with Crippen LogP contribution in [0.2, 0.25) is 0 Å². The van der Waals surface area contributed by atoms with E-state index in [0.29, 0.717) is 12.1 Å². The maximum atomic E-state index is 12.2. The summed E-state index contributed by atoms with van der Waals surface area (Å²) in [4.78, 5) is 16.4. The van der Waals surface area contributed by atoms with E-state index in [1.54, 1.807) is 10.9 Å². The number of aromatic nitrogens is 3. The van der Waals surface area contributed by atoms with Gasteiger partial charge in [0.2, 0.25) is 0 Å². The lowest BCUT2D eigenvalue weighted by atomic mass is 10.1. The van der Waals surface area contributed by atoms with E-state index in [1.807, 2.05) is 40.0 Å². The van der Waals surface area contributed by atoms with E-state index in [0.717, 1.165) is 22.5 Å². The van der Waals surface area contributed by atoms with Crippen molar-refractivity contribution in [2.45, 2.75) is 27.2 Å². The average Bonchev–Trinajstić information content (AvgIpc) is 2.57. The SMILES string of the molecule is Cc1cnc(C(=O)Cc2cc(C)nn2C)c(C)c1. The molecule has 0 aliphatic rings. The fourth-order valence-electron chi connectivity index (χ4n) is 2.09. The minimum atomic E-state index is 0.0375. The Bertz CT molecular complexity index is 599. The number of ketones is 1. The van der Waals surface area contributed by atoms with Crippen LogP contribution in [0.3, 0.4) is 0 Å². The molecule has 18 heavy (non-hydrogen) atoms. The number of Topliss-reactive ketones (excluding diaryl/α,β-unsaturated/α-hetero) is 1. The standard InChI is InChI=1S/C14H17N3O/c1-9-5-10(2)14(15-8-9)13(18)7-12-6-11(3)16-17(12)4/h5-6,8H,7H2,1-4H3. The summed E-state index contributed by atoms with van der Waals surface area (Å²) < 4.78 is 1.75. The Labute approximate surface area is 107 Å². The van der Waals surface area contributed by atoms with Crippen LogP contribution in [0.25, 0.3) is 0 Å². The van der Waals surface area contributed by atoms with Crippen molar-refractivity contribution < 1.29 is 4.79 Å². The first kappa shape index (κ1) is 12.5. The summed E-state index contributed by atoms with van der Waals surface area (Å²) in [6, 6.07) is 3.91. The molecule has 2 aromatic heterocycles. The number of aryl methyl sites for hydroxylation is 4. The Hall–Kier alpha value is -1.97. The summed E-state index contributed by atoms with van der Waals surface area (Å²) in [5.74, 6) is 0.0375. The fourth-order valence-corrected chi connectivity index (χ4v) is 2.09. The van der Waals surface area contributed by atoms with E-state index in [2.05, 4.69) is 10.1 Å². The van der Waals surface area contributed by atoms with E-state index in [-0.39, 0.29) is 5.78 Å². The summed E-state index contributed by atoms with van der Waals surface area (Å²) in [7, 11) is 1.85. The van der Waals surface area contributed by atoms with E-state index in [9.17, 15) is 4.79 Å². The van der Waals surface area contributed by atoms with Crippen LogP contribution in [-0.2, 0) is 13.5 Å². The van der Waals surface area contributed by atoms with Gasteiger partial charge in [0, 0.05) is 18.9 Å². The third kappa shape index (κ3) is 2.47. The molecule has 0 unspecified atom stereocenters. The van der Waals surface area contributed by atoms with Gasteiger partial charge in [-0.3, -0.25) is 14.5 Å². The first-order valence-electron chi connectivity index (χ1n) is 5.93. The second-order valence-electron chi connectivity index (χ2n) is 4.68. The Morgan fingerprint density at radius 2 is 2.00 bits per heavy atom. The molecule has 0 radical (unpaired) electrons. The molecule has 2 aromatic rings. The van der Waals surface area contributed by atoms with Crippen LogP contribution < -0.4 is 0 Å². The monoisotopic (exact) mass is 243 g/mol. The van der Waals surface area contributed by atoms with Crippen LogP contribution in [0.5, 0.6) is 0 Å². The fraction of sp³-hybridized carbons (Fsp3) is 0.357. The highest BCUT2D eigenvalue weighted by Crippen LogP contribution is 2.11. The van der Waals surface area contributed by atoms with Gasteiger partial charge in [0.05, 0.1) is 12.1 Å². The topological polar surface area (TPSA) is 47.8 Å². The molecular formula is C14H17N3O. The van der Waals surface area contributed by atoms with Gasteiger partial charge in [0.25, 0.3) is 0 Å². The van der Waals surface area contributed by atoms with Crippen molar-refractivity contribution in [3.63, 3.8) is 0 Å². The van der Waals surface area contributed by atoms with Gasteiger partial charge in [0.1, 0.15) is 5.69 Å². The first-order chi connectivity index (χ1) is 8.47. The minimum absolute atomic E-state index is 0.0375. The maximum Gasteiger partial charge on any atom is 0.187 e. The molecule has 0 amide bonds. The number of pyridine rings is 1. The van der Waals surface area contributed by atoms with Gasteiger partial charge in [-0.1, -0.05) is 6.07 Å². The van der Waals surface area contributed by atoms with Gasteiger partial charge in [0.15, 0.2) is 5.78 Å². The highest BCUT2D eigenvalue weighted by molar-refractivity contribution is 5.96. The van der Waals surface area contributed by atoms with Crippen LogP contribution in [-0.4, -0.2) is 20.5 Å². The number of carbonyl (C=O) groups is 1. The van der Waals surface area contributed by atoms with Gasteiger partial charge in [-0.05, 0) is 38.0 Å². The predicted molar refractivity (Wildman–Crippen MR) is 69.7 cm³/mol. The zero-order valence-electron chi connectivity index (χ0n) is 11.2. The van der Waals surface area contributed by atoms with Gasteiger partial charge < -0.3 is 0 Å². The molecule has 0 N–H and O–H groups in total. The summed E-state index contributed by atoms with van der Waals surface area (Å²) in [5, 5.41) is 4.24. The first-order valence-corrected chi connectivity index (χ1v) is 5.93. The van der Waals surface area contributed by atoms with Crippen LogP contribution in [0.15, 0.2) is 18.3 Å². The molecule has 0 atom stereocenters. The summed E-state index contributed by atoms with van der Waals surface area (Å²) >= 11 is 0. The molecule has 0 fully saturated rings. The molecule has 0 spiro atoms. The van der Waals surface area contributed by atoms with Crippen molar-refractivity contribution in [3.8, 4) is 0 Å². The molecule has 0 bridgehead atoms. The van der Waals surface area contributed by atoms with Gasteiger partial charge in [-0.2, -0.15) is 5.10 Å². The largest absolute Gasteiger partial charge is 0.292 e. The van der Waals surface area contributed by atoms with Crippen molar-refractivity contribution in [1.29, 1.82) is 0 Å². The highest BCUT2D eigenvalue weighted by Gasteiger charge is 2.14. The normalized spacial score (nSPS) is 10.7. The van der Waals surface area contributed by atoms with Crippen LogP contribution in [0, 0.1) is 20.8 Å². The Morgan fingerprint density at radius 1 is 1.28 bits per heavy atom. The summed E-state index contributed by atoms with van der Waals surface area (Å²) in [5.41, 5.74) is 4.40. The highest BCUT2D eigenvalue weighted by atomic mass is 16.1. The molecule has 2 heterocycles. The lowest BCUT2D eigenvalue weighted by Crippen LogP contribution is -2.11. The molecule has 4 heteroatoms. The minimum Gasteiger partial charge on any atom is -0.292 e. The maximum absolute atomic E-state index is 12.2. The molecule has 0 aliphatic heterocycles. The second kappa shape index (κ2) is 4.72. The van der Waals surface area contributed by atoms with Crippen molar-refractivity contribution in [2.24, 2.45) is 7.05 Å².